The number of halogens is 2. The second-order valence-corrected chi connectivity index (χ2v) is 8.65. The van der Waals surface area contributed by atoms with E-state index in [4.69, 9.17) is 21.3 Å². The van der Waals surface area contributed by atoms with Crippen LogP contribution < -0.4 is 16.3 Å². The van der Waals surface area contributed by atoms with E-state index in [2.05, 4.69) is 15.1 Å². The third-order valence-corrected chi connectivity index (χ3v) is 6.09. The minimum atomic E-state index is -0.598. The fourth-order valence-corrected chi connectivity index (χ4v) is 4.12. The SMILES string of the molecule is CC1Oc2cc(cnc2N)C(=NCC2CC2)C(=NN)Cc2cc(F)cnc2-c2ccc(F)cc21. The monoisotopic (exact) mass is 462 g/mol. The number of fused-ring (bicyclic) bond motifs is 5. The van der Waals surface area contributed by atoms with Gasteiger partial charge in [-0.1, -0.05) is 0 Å². The molecule has 3 aromatic rings. The predicted octanol–water partition coefficient (Wildman–Crippen LogP) is 4.21. The molecule has 1 unspecified atom stereocenters. The Morgan fingerprint density at radius 1 is 1.09 bits per heavy atom. The molecule has 9 heteroatoms. The van der Waals surface area contributed by atoms with Crippen LogP contribution in [0, 0.1) is 17.6 Å². The molecule has 3 heterocycles. The summed E-state index contributed by atoms with van der Waals surface area (Å²) in [5.41, 5.74) is 9.93. The second-order valence-electron chi connectivity index (χ2n) is 8.65. The molecule has 0 radical (unpaired) electrons. The molecule has 1 fully saturated rings. The molecule has 1 atom stereocenters. The van der Waals surface area contributed by atoms with Crippen molar-refractivity contribution < 1.29 is 13.5 Å². The Morgan fingerprint density at radius 2 is 1.91 bits per heavy atom. The lowest BCUT2D eigenvalue weighted by Gasteiger charge is -2.22. The molecular formula is C25H24F2N6O. The van der Waals surface area contributed by atoms with Crippen molar-refractivity contribution in [3.63, 3.8) is 0 Å². The Balaban J connectivity index is 1.74. The first kappa shape index (κ1) is 21.9. The number of benzene rings is 1. The summed E-state index contributed by atoms with van der Waals surface area (Å²) in [6.07, 6.45) is 4.56. The topological polar surface area (TPSA) is 112 Å². The van der Waals surface area contributed by atoms with Gasteiger partial charge in [-0.05, 0) is 61.6 Å². The molecule has 0 amide bonds. The number of hydrazone groups is 1. The average molecular weight is 463 g/mol. The lowest BCUT2D eigenvalue weighted by molar-refractivity contribution is 0.227. The van der Waals surface area contributed by atoms with Crippen molar-refractivity contribution in [2.45, 2.75) is 32.3 Å². The largest absolute Gasteiger partial charge is 0.482 e. The summed E-state index contributed by atoms with van der Waals surface area (Å²) < 4.78 is 34.7. The standard InChI is InChI=1S/C25H24F2N6O/c1-13-20-9-17(26)4-5-19(20)23-15(6-18(27)12-31-23)7-21(33-29)24(30-10-14-2-3-14)16-8-22(34-13)25(28)32-11-16/h4-6,8-9,11-14H,2-3,7,10,29H2,1H3,(H2,28,32). The number of aliphatic imine (C=N–C) groups is 1. The number of rotatable bonds is 2. The zero-order valence-electron chi connectivity index (χ0n) is 18.6. The van der Waals surface area contributed by atoms with Crippen molar-refractivity contribution in [1.82, 2.24) is 9.97 Å². The first-order valence-electron chi connectivity index (χ1n) is 11.1. The summed E-state index contributed by atoms with van der Waals surface area (Å²) in [5, 5.41) is 4.02. The van der Waals surface area contributed by atoms with Crippen LogP contribution in [0.4, 0.5) is 14.6 Å². The van der Waals surface area contributed by atoms with Crippen molar-refractivity contribution in [1.29, 1.82) is 0 Å². The molecule has 7 nitrogen and oxygen atoms in total. The Bertz CT molecular complexity index is 1320. The predicted molar refractivity (Wildman–Crippen MR) is 127 cm³/mol. The van der Waals surface area contributed by atoms with Crippen molar-refractivity contribution in [2.24, 2.45) is 21.9 Å². The zero-order chi connectivity index (χ0) is 23.8. The second kappa shape index (κ2) is 8.81. The number of hydrogen-bond acceptors (Lipinski definition) is 7. The van der Waals surface area contributed by atoms with Crippen LogP contribution in [-0.4, -0.2) is 27.9 Å². The van der Waals surface area contributed by atoms with Crippen molar-refractivity contribution in [2.75, 3.05) is 12.3 Å². The molecule has 2 aromatic heterocycles. The van der Waals surface area contributed by atoms with E-state index in [1.54, 1.807) is 25.3 Å². The van der Waals surface area contributed by atoms with Crippen LogP contribution in [0.15, 0.2) is 52.8 Å². The van der Waals surface area contributed by atoms with E-state index >= 15 is 0 Å². The number of anilines is 1. The van der Waals surface area contributed by atoms with Gasteiger partial charge in [-0.2, -0.15) is 5.10 Å². The summed E-state index contributed by atoms with van der Waals surface area (Å²) >= 11 is 0. The van der Waals surface area contributed by atoms with Gasteiger partial charge in [0, 0.05) is 35.9 Å². The smallest absolute Gasteiger partial charge is 0.166 e. The number of pyridine rings is 2. The summed E-state index contributed by atoms with van der Waals surface area (Å²) in [4.78, 5) is 13.4. The van der Waals surface area contributed by atoms with Crippen LogP contribution in [-0.2, 0) is 6.42 Å². The van der Waals surface area contributed by atoms with E-state index in [1.807, 2.05) is 0 Å². The molecular weight excluding hydrogens is 438 g/mol. The van der Waals surface area contributed by atoms with Gasteiger partial charge in [0.1, 0.15) is 17.7 Å². The number of aromatic nitrogens is 2. The first-order chi connectivity index (χ1) is 16.4. The number of nitrogen functional groups attached to an aromatic ring is 1. The highest BCUT2D eigenvalue weighted by atomic mass is 19.1. The highest BCUT2D eigenvalue weighted by Crippen LogP contribution is 2.35. The van der Waals surface area contributed by atoms with Crippen LogP contribution >= 0.6 is 0 Å². The van der Waals surface area contributed by atoms with Gasteiger partial charge < -0.3 is 16.3 Å². The number of ether oxygens (including phenoxy) is 1. The van der Waals surface area contributed by atoms with E-state index < -0.39 is 17.7 Å². The molecule has 2 aliphatic rings. The third-order valence-electron chi connectivity index (χ3n) is 6.09. The van der Waals surface area contributed by atoms with Gasteiger partial charge >= 0.3 is 0 Å². The van der Waals surface area contributed by atoms with Crippen LogP contribution in [0.25, 0.3) is 11.3 Å². The number of nitrogens with two attached hydrogens (primary N) is 2. The molecule has 2 bridgehead atoms. The quantitative estimate of drug-likeness (QED) is 0.438. The molecule has 1 aliphatic heterocycles. The van der Waals surface area contributed by atoms with Gasteiger partial charge in [-0.25, -0.2) is 13.8 Å². The Hall–Kier alpha value is -3.88. The zero-order valence-corrected chi connectivity index (χ0v) is 18.6. The third kappa shape index (κ3) is 4.33. The lowest BCUT2D eigenvalue weighted by atomic mass is 9.93. The molecule has 174 valence electrons. The highest BCUT2D eigenvalue weighted by Gasteiger charge is 2.26. The molecule has 4 N–H and O–H groups in total. The van der Waals surface area contributed by atoms with Crippen LogP contribution in [0.5, 0.6) is 5.75 Å². The van der Waals surface area contributed by atoms with Gasteiger partial charge in [0.2, 0.25) is 0 Å². The molecule has 34 heavy (non-hydrogen) atoms. The minimum Gasteiger partial charge on any atom is -0.482 e. The highest BCUT2D eigenvalue weighted by molar-refractivity contribution is 6.48. The van der Waals surface area contributed by atoms with Crippen molar-refractivity contribution >= 4 is 17.2 Å². The maximum absolute atomic E-state index is 14.3. The molecule has 1 aliphatic carbocycles. The molecule has 0 saturated heterocycles. The first-order valence-corrected chi connectivity index (χ1v) is 11.1. The van der Waals surface area contributed by atoms with Gasteiger partial charge in [-0.3, -0.25) is 9.98 Å². The van der Waals surface area contributed by atoms with E-state index in [-0.39, 0.29) is 12.2 Å². The molecule has 0 spiro atoms. The van der Waals surface area contributed by atoms with Crippen molar-refractivity contribution in [3.05, 3.63) is 71.1 Å². The summed E-state index contributed by atoms with van der Waals surface area (Å²) in [7, 11) is 0. The summed E-state index contributed by atoms with van der Waals surface area (Å²) in [6, 6.07) is 7.46. The fourth-order valence-electron chi connectivity index (χ4n) is 4.12. The van der Waals surface area contributed by atoms with E-state index in [0.717, 1.165) is 19.0 Å². The molecule has 5 rings (SSSR count). The summed E-state index contributed by atoms with van der Waals surface area (Å²) in [6.45, 7) is 2.41. The Morgan fingerprint density at radius 3 is 2.68 bits per heavy atom. The molecule has 1 aromatic carbocycles. The van der Waals surface area contributed by atoms with Gasteiger partial charge in [0.05, 0.1) is 23.3 Å². The number of hydrogen-bond donors (Lipinski definition) is 2. The maximum atomic E-state index is 14.3. The van der Waals surface area contributed by atoms with E-state index in [0.29, 0.717) is 57.6 Å². The van der Waals surface area contributed by atoms with Gasteiger partial charge in [-0.15, -0.1) is 0 Å². The lowest BCUT2D eigenvalue weighted by Crippen LogP contribution is -2.23. The fraction of sp³-hybridized carbons (Fsp3) is 0.280. The Kier molecular flexibility index (Phi) is 5.69. The number of nitrogens with zero attached hydrogens (tertiary/aromatic N) is 4. The Labute approximate surface area is 195 Å². The molecule has 1 saturated carbocycles. The van der Waals surface area contributed by atoms with Gasteiger partial charge in [0.25, 0.3) is 0 Å². The van der Waals surface area contributed by atoms with Crippen LogP contribution in [0.1, 0.15) is 42.6 Å². The van der Waals surface area contributed by atoms with Gasteiger partial charge in [0.15, 0.2) is 11.6 Å². The van der Waals surface area contributed by atoms with Crippen LogP contribution in [0.3, 0.4) is 0 Å². The average Bonchev–Trinajstić information content (AvgIpc) is 3.64. The maximum Gasteiger partial charge on any atom is 0.166 e. The van der Waals surface area contributed by atoms with Crippen molar-refractivity contribution in [3.8, 4) is 17.0 Å². The summed E-state index contributed by atoms with van der Waals surface area (Å²) in [5.74, 6) is 5.96. The minimum absolute atomic E-state index is 0.172. The normalized spacial score (nSPS) is 20.1. The van der Waals surface area contributed by atoms with E-state index in [1.165, 1.54) is 18.2 Å². The van der Waals surface area contributed by atoms with Crippen LogP contribution in [0.2, 0.25) is 0 Å². The van der Waals surface area contributed by atoms with E-state index in [9.17, 15) is 8.78 Å².